The van der Waals surface area contributed by atoms with Crippen LogP contribution in [0.5, 0.6) is 0 Å². The van der Waals surface area contributed by atoms with E-state index in [1.165, 1.54) is 0 Å². The molecule has 5 nitrogen and oxygen atoms in total. The number of hydrogen-bond donors (Lipinski definition) is 1. The number of pyridine rings is 1. The standard InChI is InChI=1S/C10H10N4O.ClH/c1-2-7(6-11-4-1)9-13-10(15-14-9)8-3-5-12-8;/h1-2,4,6,8,12H,3,5H2;1H/t8-;/m1./s1. The molecule has 16 heavy (non-hydrogen) atoms. The summed E-state index contributed by atoms with van der Waals surface area (Å²) in [5.74, 6) is 1.27. The molecular weight excluding hydrogens is 228 g/mol. The molecule has 0 aromatic carbocycles. The lowest BCUT2D eigenvalue weighted by atomic mass is 10.1. The first-order valence-corrected chi connectivity index (χ1v) is 4.91. The molecular formula is C10H11ClN4O. The van der Waals surface area contributed by atoms with Crippen molar-refractivity contribution in [2.75, 3.05) is 6.54 Å². The van der Waals surface area contributed by atoms with Gasteiger partial charge in [-0.1, -0.05) is 5.16 Å². The highest BCUT2D eigenvalue weighted by Gasteiger charge is 2.24. The van der Waals surface area contributed by atoms with Crippen LogP contribution in [0.3, 0.4) is 0 Å². The molecule has 1 saturated heterocycles. The number of hydrogen-bond acceptors (Lipinski definition) is 5. The first-order chi connectivity index (χ1) is 7.43. The minimum atomic E-state index is 0. The molecule has 0 aliphatic carbocycles. The number of halogens is 1. The summed E-state index contributed by atoms with van der Waals surface area (Å²) in [6.07, 6.45) is 4.51. The molecule has 6 heteroatoms. The second-order valence-corrected chi connectivity index (χ2v) is 3.49. The van der Waals surface area contributed by atoms with Crippen LogP contribution in [0, 0.1) is 0 Å². The number of rotatable bonds is 2. The Kier molecular flexibility index (Phi) is 3.17. The van der Waals surface area contributed by atoms with E-state index in [0.29, 0.717) is 11.7 Å². The van der Waals surface area contributed by atoms with Gasteiger partial charge in [0, 0.05) is 18.0 Å². The maximum atomic E-state index is 5.17. The Bertz CT molecular complexity index is 455. The fourth-order valence-electron chi connectivity index (χ4n) is 1.49. The number of nitrogens with one attached hydrogen (secondary N) is 1. The van der Waals surface area contributed by atoms with Gasteiger partial charge in [-0.15, -0.1) is 12.4 Å². The Balaban J connectivity index is 0.000000963. The fraction of sp³-hybridized carbons (Fsp3) is 0.300. The molecule has 2 aromatic rings. The molecule has 1 atom stereocenters. The molecule has 84 valence electrons. The summed E-state index contributed by atoms with van der Waals surface area (Å²) in [4.78, 5) is 8.33. The average molecular weight is 239 g/mol. The summed E-state index contributed by atoms with van der Waals surface area (Å²) in [7, 11) is 0. The van der Waals surface area contributed by atoms with Crippen molar-refractivity contribution < 1.29 is 4.52 Å². The Labute approximate surface area is 98.7 Å². The maximum absolute atomic E-state index is 5.17. The fourth-order valence-corrected chi connectivity index (χ4v) is 1.49. The van der Waals surface area contributed by atoms with Gasteiger partial charge in [-0.2, -0.15) is 4.98 Å². The zero-order valence-corrected chi connectivity index (χ0v) is 9.28. The second kappa shape index (κ2) is 4.59. The van der Waals surface area contributed by atoms with Gasteiger partial charge in [-0.25, -0.2) is 0 Å². The van der Waals surface area contributed by atoms with Gasteiger partial charge in [0.05, 0.1) is 6.04 Å². The van der Waals surface area contributed by atoms with Crippen LogP contribution in [-0.2, 0) is 0 Å². The van der Waals surface area contributed by atoms with Gasteiger partial charge >= 0.3 is 0 Å². The minimum Gasteiger partial charge on any atom is -0.337 e. The van der Waals surface area contributed by atoms with E-state index in [0.717, 1.165) is 18.5 Å². The van der Waals surface area contributed by atoms with Gasteiger partial charge in [0.1, 0.15) is 0 Å². The first-order valence-electron chi connectivity index (χ1n) is 4.91. The molecule has 0 radical (unpaired) electrons. The molecule has 1 N–H and O–H groups in total. The Hall–Kier alpha value is -1.46. The molecule has 1 fully saturated rings. The lowest BCUT2D eigenvalue weighted by Crippen LogP contribution is -2.35. The highest BCUT2D eigenvalue weighted by Crippen LogP contribution is 2.23. The van der Waals surface area contributed by atoms with E-state index >= 15 is 0 Å². The third kappa shape index (κ3) is 1.91. The smallest absolute Gasteiger partial charge is 0.244 e. The number of nitrogens with zero attached hydrogens (tertiary/aromatic N) is 3. The first kappa shape index (κ1) is 11.0. The van der Waals surface area contributed by atoms with E-state index in [1.807, 2.05) is 12.1 Å². The van der Waals surface area contributed by atoms with E-state index in [2.05, 4.69) is 20.4 Å². The van der Waals surface area contributed by atoms with Crippen molar-refractivity contribution in [2.24, 2.45) is 0 Å². The van der Waals surface area contributed by atoms with Crippen molar-refractivity contribution in [2.45, 2.75) is 12.5 Å². The van der Waals surface area contributed by atoms with Crippen molar-refractivity contribution in [1.29, 1.82) is 0 Å². The van der Waals surface area contributed by atoms with E-state index in [-0.39, 0.29) is 18.4 Å². The van der Waals surface area contributed by atoms with Gasteiger partial charge < -0.3 is 9.84 Å². The predicted molar refractivity (Wildman–Crippen MR) is 60.1 cm³/mol. The minimum absolute atomic E-state index is 0. The van der Waals surface area contributed by atoms with E-state index in [4.69, 9.17) is 4.52 Å². The zero-order valence-electron chi connectivity index (χ0n) is 8.46. The summed E-state index contributed by atoms with van der Waals surface area (Å²) in [5.41, 5.74) is 0.881. The molecule has 1 aliphatic heterocycles. The van der Waals surface area contributed by atoms with E-state index in [9.17, 15) is 0 Å². The van der Waals surface area contributed by atoms with Crippen LogP contribution in [0.15, 0.2) is 29.0 Å². The third-order valence-corrected chi connectivity index (χ3v) is 2.48. The van der Waals surface area contributed by atoms with Crippen LogP contribution in [-0.4, -0.2) is 21.7 Å². The van der Waals surface area contributed by atoms with Crippen LogP contribution < -0.4 is 5.32 Å². The quantitative estimate of drug-likeness (QED) is 0.861. The monoisotopic (exact) mass is 238 g/mol. The van der Waals surface area contributed by atoms with Gasteiger partial charge in [-0.3, -0.25) is 4.98 Å². The second-order valence-electron chi connectivity index (χ2n) is 3.49. The lowest BCUT2D eigenvalue weighted by Gasteiger charge is -2.23. The van der Waals surface area contributed by atoms with Crippen molar-refractivity contribution in [3.05, 3.63) is 30.4 Å². The van der Waals surface area contributed by atoms with Crippen molar-refractivity contribution in [1.82, 2.24) is 20.4 Å². The van der Waals surface area contributed by atoms with Gasteiger partial charge in [0.15, 0.2) is 0 Å². The average Bonchev–Trinajstić information content (AvgIpc) is 2.66. The summed E-state index contributed by atoms with van der Waals surface area (Å²) in [6, 6.07) is 4.01. The topological polar surface area (TPSA) is 63.8 Å². The molecule has 3 rings (SSSR count). The van der Waals surface area contributed by atoms with Gasteiger partial charge in [0.2, 0.25) is 11.7 Å². The van der Waals surface area contributed by atoms with Crippen LogP contribution in [0.4, 0.5) is 0 Å². The van der Waals surface area contributed by atoms with E-state index in [1.54, 1.807) is 12.4 Å². The Morgan fingerprint density at radius 2 is 2.31 bits per heavy atom. The number of aromatic nitrogens is 3. The Morgan fingerprint density at radius 3 is 2.94 bits per heavy atom. The maximum Gasteiger partial charge on any atom is 0.244 e. The highest BCUT2D eigenvalue weighted by atomic mass is 35.5. The normalized spacial score (nSPS) is 18.6. The molecule has 0 saturated carbocycles. The molecule has 0 unspecified atom stereocenters. The molecule has 1 aliphatic rings. The summed E-state index contributed by atoms with van der Waals surface area (Å²) >= 11 is 0. The van der Waals surface area contributed by atoms with Crippen molar-refractivity contribution >= 4 is 12.4 Å². The van der Waals surface area contributed by atoms with Crippen LogP contribution in [0.1, 0.15) is 18.4 Å². The summed E-state index contributed by atoms with van der Waals surface area (Å²) < 4.78 is 5.17. The lowest BCUT2D eigenvalue weighted by molar-refractivity contribution is 0.273. The third-order valence-electron chi connectivity index (χ3n) is 2.48. The largest absolute Gasteiger partial charge is 0.337 e. The van der Waals surface area contributed by atoms with Gasteiger partial charge in [-0.05, 0) is 25.1 Å². The molecule has 2 aromatic heterocycles. The molecule has 3 heterocycles. The van der Waals surface area contributed by atoms with Gasteiger partial charge in [0.25, 0.3) is 0 Å². The predicted octanol–water partition coefficient (Wildman–Crippen LogP) is 1.59. The molecule has 0 spiro atoms. The molecule has 0 amide bonds. The van der Waals surface area contributed by atoms with Crippen molar-refractivity contribution in [3.8, 4) is 11.4 Å². The van der Waals surface area contributed by atoms with Crippen LogP contribution >= 0.6 is 12.4 Å². The highest BCUT2D eigenvalue weighted by molar-refractivity contribution is 5.85. The summed E-state index contributed by atoms with van der Waals surface area (Å²) in [6.45, 7) is 1.02. The Morgan fingerprint density at radius 1 is 1.44 bits per heavy atom. The summed E-state index contributed by atoms with van der Waals surface area (Å²) in [5, 5.41) is 7.14. The zero-order chi connectivity index (χ0) is 10.1. The van der Waals surface area contributed by atoms with Crippen LogP contribution in [0.2, 0.25) is 0 Å². The van der Waals surface area contributed by atoms with Crippen LogP contribution in [0.25, 0.3) is 11.4 Å². The SMILES string of the molecule is Cl.c1cncc(-c2noc([C@H]3CCN3)n2)c1. The van der Waals surface area contributed by atoms with Crippen molar-refractivity contribution in [3.63, 3.8) is 0 Å². The molecule has 0 bridgehead atoms. The van der Waals surface area contributed by atoms with E-state index < -0.39 is 0 Å².